The highest BCUT2D eigenvalue weighted by atomic mass is 19.1. The van der Waals surface area contributed by atoms with Crippen LogP contribution in [0, 0.1) is 31.5 Å². The number of benzene rings is 2. The van der Waals surface area contributed by atoms with Crippen LogP contribution >= 0.6 is 0 Å². The Bertz CT molecular complexity index is 1220. The van der Waals surface area contributed by atoms with E-state index in [0.29, 0.717) is 18.3 Å². The number of rotatable bonds is 9. The summed E-state index contributed by atoms with van der Waals surface area (Å²) in [5.41, 5.74) is 2.96. The van der Waals surface area contributed by atoms with Crippen molar-refractivity contribution in [3.05, 3.63) is 77.6 Å². The van der Waals surface area contributed by atoms with E-state index in [1.807, 2.05) is 6.92 Å². The molecule has 0 bridgehead atoms. The summed E-state index contributed by atoms with van der Waals surface area (Å²) in [6.45, 7) is 13.9. The van der Waals surface area contributed by atoms with Gasteiger partial charge in [-0.1, -0.05) is 56.3 Å². The van der Waals surface area contributed by atoms with E-state index >= 15 is 0 Å². The molecule has 2 amide bonds. The van der Waals surface area contributed by atoms with E-state index in [0.717, 1.165) is 46.9 Å². The normalized spacial score (nSPS) is 23.3. The van der Waals surface area contributed by atoms with Crippen molar-refractivity contribution < 1.29 is 23.3 Å². The molecule has 2 unspecified atom stereocenters. The summed E-state index contributed by atoms with van der Waals surface area (Å²) < 4.78 is 27.7. The molecule has 39 heavy (non-hydrogen) atoms. The minimum Gasteiger partial charge on any atom is -0.404 e. The molecular weight excluding hydrogens is 494 g/mol. The molecule has 208 valence electrons. The topological polar surface area (TPSA) is 67.9 Å². The van der Waals surface area contributed by atoms with Crippen LogP contribution < -0.4 is 10.2 Å². The first-order chi connectivity index (χ1) is 18.5. The van der Waals surface area contributed by atoms with Crippen LogP contribution in [0.3, 0.4) is 0 Å². The SMILES string of the molecule is C=CC(=O)N(CC(=O)NC(Cc1ccc(C)cc1C)B1OC2C[C@@H](C(C)C)CC[C@]2(C)O1)c1ccccc1F. The molecule has 1 heterocycles. The molecular formula is C31H40BFN2O4. The molecule has 1 aliphatic carbocycles. The minimum atomic E-state index is -0.646. The molecule has 1 aliphatic heterocycles. The fourth-order valence-electron chi connectivity index (χ4n) is 5.83. The second-order valence-corrected chi connectivity index (χ2v) is 11.6. The van der Waals surface area contributed by atoms with Crippen LogP contribution in [0.4, 0.5) is 10.1 Å². The highest BCUT2D eigenvalue weighted by Crippen LogP contribution is 2.44. The minimum absolute atomic E-state index is 0.0232. The molecule has 2 aliphatic rings. The number of carbonyl (C=O) groups is 2. The van der Waals surface area contributed by atoms with E-state index in [-0.39, 0.29) is 18.3 Å². The van der Waals surface area contributed by atoms with Gasteiger partial charge in [-0.25, -0.2) is 4.39 Å². The first-order valence-corrected chi connectivity index (χ1v) is 13.9. The summed E-state index contributed by atoms with van der Waals surface area (Å²) in [5, 5.41) is 3.07. The number of nitrogens with one attached hydrogen (secondary N) is 1. The fraction of sp³-hybridized carbons (Fsp3) is 0.484. The van der Waals surface area contributed by atoms with E-state index in [4.69, 9.17) is 9.31 Å². The monoisotopic (exact) mass is 534 g/mol. The van der Waals surface area contributed by atoms with Gasteiger partial charge in [0.15, 0.2) is 0 Å². The Morgan fingerprint density at radius 2 is 2.00 bits per heavy atom. The number of amides is 2. The molecule has 0 aromatic heterocycles. The van der Waals surface area contributed by atoms with Crippen molar-refractivity contribution in [2.75, 3.05) is 11.4 Å². The first-order valence-electron chi connectivity index (χ1n) is 13.9. The lowest BCUT2D eigenvalue weighted by molar-refractivity contribution is -0.122. The van der Waals surface area contributed by atoms with Gasteiger partial charge in [-0.05, 0) is 87.6 Å². The molecule has 2 fully saturated rings. The zero-order valence-electron chi connectivity index (χ0n) is 23.7. The molecule has 2 aromatic rings. The van der Waals surface area contributed by atoms with E-state index in [2.05, 4.69) is 57.8 Å². The molecule has 1 saturated carbocycles. The smallest absolute Gasteiger partial charge is 0.404 e. The van der Waals surface area contributed by atoms with Crippen molar-refractivity contribution >= 4 is 24.6 Å². The van der Waals surface area contributed by atoms with E-state index in [1.165, 1.54) is 18.2 Å². The molecule has 4 atom stereocenters. The van der Waals surface area contributed by atoms with Crippen LogP contribution in [0.1, 0.15) is 56.7 Å². The van der Waals surface area contributed by atoms with Crippen molar-refractivity contribution in [3.8, 4) is 0 Å². The Morgan fingerprint density at radius 3 is 2.67 bits per heavy atom. The van der Waals surface area contributed by atoms with Crippen LogP contribution in [0.25, 0.3) is 0 Å². The lowest BCUT2D eigenvalue weighted by Gasteiger charge is -2.39. The summed E-state index contributed by atoms with van der Waals surface area (Å²) in [7, 11) is -0.646. The third kappa shape index (κ3) is 6.61. The molecule has 1 saturated heterocycles. The van der Waals surface area contributed by atoms with Gasteiger partial charge < -0.3 is 14.6 Å². The van der Waals surface area contributed by atoms with Gasteiger partial charge in [0.2, 0.25) is 5.91 Å². The Morgan fingerprint density at radius 1 is 1.26 bits per heavy atom. The van der Waals surface area contributed by atoms with Gasteiger partial charge in [0.1, 0.15) is 12.4 Å². The van der Waals surface area contributed by atoms with Gasteiger partial charge in [-0.2, -0.15) is 0 Å². The Labute approximate surface area is 232 Å². The number of carbonyl (C=O) groups excluding carboxylic acids is 2. The van der Waals surface area contributed by atoms with Crippen molar-refractivity contribution in [3.63, 3.8) is 0 Å². The van der Waals surface area contributed by atoms with Crippen LogP contribution in [0.2, 0.25) is 0 Å². The van der Waals surface area contributed by atoms with E-state index in [1.54, 1.807) is 6.07 Å². The van der Waals surface area contributed by atoms with Crippen molar-refractivity contribution in [1.29, 1.82) is 0 Å². The highest BCUT2D eigenvalue weighted by Gasteiger charge is 2.54. The summed E-state index contributed by atoms with van der Waals surface area (Å²) in [5.74, 6) is -0.957. The third-order valence-corrected chi connectivity index (χ3v) is 8.33. The Kier molecular flexibility index (Phi) is 8.97. The summed E-state index contributed by atoms with van der Waals surface area (Å²) in [4.78, 5) is 27.1. The zero-order chi connectivity index (χ0) is 28.3. The molecule has 8 heteroatoms. The lowest BCUT2D eigenvalue weighted by Crippen LogP contribution is -2.52. The second kappa shape index (κ2) is 12.0. The number of hydrogen-bond acceptors (Lipinski definition) is 4. The lowest BCUT2D eigenvalue weighted by atomic mass is 9.73. The maximum absolute atomic E-state index is 14.6. The molecule has 1 N–H and O–H groups in total. The zero-order valence-corrected chi connectivity index (χ0v) is 23.7. The largest absolute Gasteiger partial charge is 0.482 e. The molecule has 2 aromatic carbocycles. The van der Waals surface area contributed by atoms with Crippen LogP contribution in [-0.4, -0.2) is 43.1 Å². The number of anilines is 1. The number of aryl methyl sites for hydroxylation is 2. The van der Waals surface area contributed by atoms with Gasteiger partial charge in [-0.3, -0.25) is 14.5 Å². The predicted molar refractivity (Wildman–Crippen MR) is 153 cm³/mol. The van der Waals surface area contributed by atoms with Crippen LogP contribution in [-0.2, 0) is 25.3 Å². The summed E-state index contributed by atoms with van der Waals surface area (Å²) in [6, 6.07) is 12.1. The number of para-hydroxylation sites is 1. The third-order valence-electron chi connectivity index (χ3n) is 8.33. The van der Waals surface area contributed by atoms with Crippen molar-refractivity contribution in [2.45, 2.75) is 77.9 Å². The Balaban J connectivity index is 1.57. The maximum atomic E-state index is 14.6. The number of halogens is 1. The van der Waals surface area contributed by atoms with E-state index < -0.39 is 36.3 Å². The standard InChI is InChI=1S/C31H40BFN2O4/c1-7-30(37)35(26-11-9-8-10-25(26)33)19-29(36)34-28(18-24-13-12-21(4)16-22(24)5)32-38-27-17-23(20(2)3)14-15-31(27,6)39-32/h7-13,16,20,23,27-28H,1,14-15,17-19H2,2-6H3,(H,34,36)/t23-,27?,28?,31-/m0/s1. The molecule has 0 spiro atoms. The fourth-order valence-corrected chi connectivity index (χ4v) is 5.83. The van der Waals surface area contributed by atoms with Gasteiger partial charge >= 0.3 is 7.12 Å². The van der Waals surface area contributed by atoms with Crippen LogP contribution in [0.15, 0.2) is 55.1 Å². The van der Waals surface area contributed by atoms with Gasteiger partial charge in [0.25, 0.3) is 5.91 Å². The van der Waals surface area contributed by atoms with Gasteiger partial charge in [0, 0.05) is 0 Å². The van der Waals surface area contributed by atoms with Crippen molar-refractivity contribution in [1.82, 2.24) is 5.32 Å². The quantitative estimate of drug-likeness (QED) is 0.348. The predicted octanol–water partition coefficient (Wildman–Crippen LogP) is 5.35. The molecule has 0 radical (unpaired) electrons. The van der Waals surface area contributed by atoms with Gasteiger partial charge in [0.05, 0.1) is 23.3 Å². The summed E-state index contributed by atoms with van der Waals surface area (Å²) >= 11 is 0. The number of fused-ring (bicyclic) bond motifs is 1. The van der Waals surface area contributed by atoms with E-state index in [9.17, 15) is 14.0 Å². The second-order valence-electron chi connectivity index (χ2n) is 11.6. The molecule has 6 nitrogen and oxygen atoms in total. The van der Waals surface area contributed by atoms with Gasteiger partial charge in [-0.15, -0.1) is 0 Å². The average molecular weight is 534 g/mol. The number of nitrogens with zero attached hydrogens (tertiary/aromatic N) is 1. The highest BCUT2D eigenvalue weighted by molar-refractivity contribution is 6.48. The Hall–Kier alpha value is -2.97. The number of hydrogen-bond donors (Lipinski definition) is 1. The summed E-state index contributed by atoms with van der Waals surface area (Å²) in [6.07, 6.45) is 4.41. The maximum Gasteiger partial charge on any atom is 0.482 e. The molecule has 4 rings (SSSR count). The van der Waals surface area contributed by atoms with Crippen LogP contribution in [0.5, 0.6) is 0 Å². The first kappa shape index (κ1) is 29.0. The van der Waals surface area contributed by atoms with Crippen molar-refractivity contribution in [2.24, 2.45) is 11.8 Å². The average Bonchev–Trinajstić information content (AvgIpc) is 3.24.